The molecule has 3 heteroatoms. The topological polar surface area (TPSA) is 55.5 Å². The van der Waals surface area contributed by atoms with Crippen molar-refractivity contribution in [3.05, 3.63) is 0 Å². The first kappa shape index (κ1) is 12.3. The number of hydrogen-bond donors (Lipinski definition) is 2. The third-order valence-electron chi connectivity index (χ3n) is 4.94. The molecule has 0 aromatic rings. The van der Waals surface area contributed by atoms with Crippen molar-refractivity contribution in [1.29, 1.82) is 0 Å². The minimum atomic E-state index is -0.578. The van der Waals surface area contributed by atoms with Gasteiger partial charge in [-0.25, -0.2) is 0 Å². The molecule has 3 atom stereocenters. The first-order chi connectivity index (χ1) is 7.68. The Hall–Kier alpha value is -0.120. The lowest BCUT2D eigenvalue weighted by atomic mass is 9.59. The number of ether oxygens (including phenoxy) is 1. The van der Waals surface area contributed by atoms with Crippen LogP contribution in [0.1, 0.15) is 45.4 Å². The van der Waals surface area contributed by atoms with E-state index in [-0.39, 0.29) is 5.41 Å². The molecule has 0 aromatic heterocycles. The van der Waals surface area contributed by atoms with E-state index in [1.54, 1.807) is 0 Å². The van der Waals surface area contributed by atoms with E-state index in [1.165, 1.54) is 6.42 Å². The third-order valence-corrected chi connectivity index (χ3v) is 4.94. The predicted octanol–water partition coefficient (Wildman–Crippen LogP) is 1.68. The first-order valence-corrected chi connectivity index (χ1v) is 6.69. The summed E-state index contributed by atoms with van der Waals surface area (Å²) in [6.45, 7) is 4.15. The van der Waals surface area contributed by atoms with Gasteiger partial charge in [0.2, 0.25) is 0 Å². The van der Waals surface area contributed by atoms with E-state index >= 15 is 0 Å². The summed E-state index contributed by atoms with van der Waals surface area (Å²) in [4.78, 5) is 0. The molecular weight excluding hydrogens is 202 g/mol. The Morgan fingerprint density at radius 1 is 1.38 bits per heavy atom. The SMILES string of the molecule is CCC1CCCCC1(O)C1(CN)CCOC1. The van der Waals surface area contributed by atoms with E-state index in [2.05, 4.69) is 6.92 Å². The second-order valence-corrected chi connectivity index (χ2v) is 5.56. The molecule has 3 N–H and O–H groups in total. The summed E-state index contributed by atoms with van der Waals surface area (Å²) in [6.07, 6.45) is 6.42. The third kappa shape index (κ3) is 1.69. The van der Waals surface area contributed by atoms with Crippen molar-refractivity contribution in [2.45, 2.75) is 51.0 Å². The molecular formula is C13H25NO2. The van der Waals surface area contributed by atoms with Gasteiger partial charge in [0.05, 0.1) is 12.2 Å². The van der Waals surface area contributed by atoms with Gasteiger partial charge in [0.1, 0.15) is 0 Å². The predicted molar refractivity (Wildman–Crippen MR) is 64.1 cm³/mol. The summed E-state index contributed by atoms with van der Waals surface area (Å²) in [6, 6.07) is 0. The minimum Gasteiger partial charge on any atom is -0.389 e. The zero-order chi connectivity index (χ0) is 11.6. The Morgan fingerprint density at radius 3 is 2.75 bits per heavy atom. The zero-order valence-electron chi connectivity index (χ0n) is 10.4. The van der Waals surface area contributed by atoms with Crippen molar-refractivity contribution >= 4 is 0 Å². The average molecular weight is 227 g/mol. The van der Waals surface area contributed by atoms with E-state index in [9.17, 15) is 5.11 Å². The van der Waals surface area contributed by atoms with Gasteiger partial charge in [0, 0.05) is 18.6 Å². The van der Waals surface area contributed by atoms with Gasteiger partial charge in [0.25, 0.3) is 0 Å². The highest BCUT2D eigenvalue weighted by molar-refractivity contribution is 5.06. The van der Waals surface area contributed by atoms with Crippen LogP contribution in [-0.2, 0) is 4.74 Å². The van der Waals surface area contributed by atoms with Crippen LogP contribution in [0.5, 0.6) is 0 Å². The molecule has 0 amide bonds. The lowest BCUT2D eigenvalue weighted by Crippen LogP contribution is -2.58. The molecule has 0 bridgehead atoms. The van der Waals surface area contributed by atoms with Gasteiger partial charge in [0.15, 0.2) is 0 Å². The van der Waals surface area contributed by atoms with Gasteiger partial charge < -0.3 is 15.6 Å². The van der Waals surface area contributed by atoms with Crippen LogP contribution in [0.15, 0.2) is 0 Å². The van der Waals surface area contributed by atoms with E-state index in [0.717, 1.165) is 38.7 Å². The highest BCUT2D eigenvalue weighted by Crippen LogP contribution is 2.50. The molecule has 0 aromatic carbocycles. The molecule has 94 valence electrons. The monoisotopic (exact) mass is 227 g/mol. The molecule has 16 heavy (non-hydrogen) atoms. The van der Waals surface area contributed by atoms with Gasteiger partial charge in [-0.1, -0.05) is 26.2 Å². The van der Waals surface area contributed by atoms with Gasteiger partial charge >= 0.3 is 0 Å². The standard InChI is InChI=1S/C13H25NO2/c1-2-11-5-3-4-6-13(11,15)12(9-14)7-8-16-10-12/h11,15H,2-10,14H2,1H3. The molecule has 1 heterocycles. The number of aliphatic hydroxyl groups is 1. The summed E-state index contributed by atoms with van der Waals surface area (Å²) in [5, 5.41) is 11.1. The molecule has 1 saturated carbocycles. The summed E-state index contributed by atoms with van der Waals surface area (Å²) in [7, 11) is 0. The zero-order valence-corrected chi connectivity index (χ0v) is 10.4. The summed E-state index contributed by atoms with van der Waals surface area (Å²) >= 11 is 0. The largest absolute Gasteiger partial charge is 0.389 e. The number of rotatable bonds is 3. The molecule has 0 radical (unpaired) electrons. The second kappa shape index (κ2) is 4.63. The van der Waals surface area contributed by atoms with Crippen molar-refractivity contribution in [1.82, 2.24) is 0 Å². The lowest BCUT2D eigenvalue weighted by Gasteiger charge is -2.51. The maximum absolute atomic E-state index is 11.1. The Labute approximate surface area is 98.4 Å². The molecule has 2 aliphatic rings. The van der Waals surface area contributed by atoms with Crippen LogP contribution >= 0.6 is 0 Å². The Balaban J connectivity index is 2.25. The van der Waals surface area contributed by atoms with Gasteiger partial charge in [-0.3, -0.25) is 0 Å². The van der Waals surface area contributed by atoms with Crippen LogP contribution in [0.25, 0.3) is 0 Å². The van der Waals surface area contributed by atoms with Crippen LogP contribution < -0.4 is 5.73 Å². The van der Waals surface area contributed by atoms with E-state index in [1.807, 2.05) is 0 Å². The molecule has 1 aliphatic carbocycles. The lowest BCUT2D eigenvalue weighted by molar-refractivity contribution is -0.145. The van der Waals surface area contributed by atoms with Crippen LogP contribution in [0.3, 0.4) is 0 Å². The highest BCUT2D eigenvalue weighted by atomic mass is 16.5. The van der Waals surface area contributed by atoms with Gasteiger partial charge in [-0.05, 0) is 25.2 Å². The van der Waals surface area contributed by atoms with Crippen molar-refractivity contribution in [3.63, 3.8) is 0 Å². The molecule has 2 rings (SSSR count). The fourth-order valence-corrected chi connectivity index (χ4v) is 3.75. The Kier molecular flexibility index (Phi) is 3.57. The van der Waals surface area contributed by atoms with E-state index in [4.69, 9.17) is 10.5 Å². The fourth-order valence-electron chi connectivity index (χ4n) is 3.75. The molecule has 2 fully saturated rings. The van der Waals surface area contributed by atoms with Crippen LogP contribution in [0.2, 0.25) is 0 Å². The van der Waals surface area contributed by atoms with Gasteiger partial charge in [-0.2, -0.15) is 0 Å². The maximum Gasteiger partial charge on any atom is 0.0766 e. The quantitative estimate of drug-likeness (QED) is 0.771. The summed E-state index contributed by atoms with van der Waals surface area (Å²) < 4.78 is 5.52. The normalized spacial score (nSPS) is 44.8. The van der Waals surface area contributed by atoms with Crippen LogP contribution in [-0.4, -0.2) is 30.5 Å². The smallest absolute Gasteiger partial charge is 0.0766 e. The molecule has 1 saturated heterocycles. The van der Waals surface area contributed by atoms with E-state index < -0.39 is 5.60 Å². The number of nitrogens with two attached hydrogens (primary N) is 1. The highest BCUT2D eigenvalue weighted by Gasteiger charge is 2.55. The first-order valence-electron chi connectivity index (χ1n) is 6.69. The Morgan fingerprint density at radius 2 is 2.19 bits per heavy atom. The van der Waals surface area contributed by atoms with Gasteiger partial charge in [-0.15, -0.1) is 0 Å². The second-order valence-electron chi connectivity index (χ2n) is 5.56. The maximum atomic E-state index is 11.1. The molecule has 0 spiro atoms. The molecule has 1 aliphatic heterocycles. The number of hydrogen-bond acceptors (Lipinski definition) is 3. The average Bonchev–Trinajstić information content (AvgIpc) is 2.80. The minimum absolute atomic E-state index is 0.173. The summed E-state index contributed by atoms with van der Waals surface area (Å²) in [5.41, 5.74) is 5.21. The van der Waals surface area contributed by atoms with Crippen LogP contribution in [0.4, 0.5) is 0 Å². The fraction of sp³-hybridized carbons (Fsp3) is 1.00. The van der Waals surface area contributed by atoms with Crippen LogP contribution in [0, 0.1) is 11.3 Å². The van der Waals surface area contributed by atoms with Crippen molar-refractivity contribution in [2.75, 3.05) is 19.8 Å². The van der Waals surface area contributed by atoms with Crippen molar-refractivity contribution in [2.24, 2.45) is 17.1 Å². The summed E-state index contributed by atoms with van der Waals surface area (Å²) in [5.74, 6) is 0.409. The molecule has 3 nitrogen and oxygen atoms in total. The van der Waals surface area contributed by atoms with E-state index in [0.29, 0.717) is 19.1 Å². The molecule has 3 unspecified atom stereocenters. The van der Waals surface area contributed by atoms with Crippen molar-refractivity contribution in [3.8, 4) is 0 Å². The Bertz CT molecular complexity index is 238. The van der Waals surface area contributed by atoms with Crippen molar-refractivity contribution < 1.29 is 9.84 Å².